The van der Waals surface area contributed by atoms with E-state index in [1.165, 1.54) is 37.1 Å². The molecule has 0 aromatic heterocycles. The van der Waals surface area contributed by atoms with Gasteiger partial charge in [-0.15, -0.1) is 0 Å². The Morgan fingerprint density at radius 3 is 2.75 bits per heavy atom. The van der Waals surface area contributed by atoms with Crippen LogP contribution in [0.25, 0.3) is 0 Å². The monoisotopic (exact) mass is 269 g/mol. The van der Waals surface area contributed by atoms with Crippen molar-refractivity contribution in [2.24, 2.45) is 10.9 Å². The molecule has 20 heavy (non-hydrogen) atoms. The van der Waals surface area contributed by atoms with E-state index in [4.69, 9.17) is 0 Å². The first kappa shape index (κ1) is 13.4. The number of rotatable bonds is 3. The number of aliphatic imine (C=N–C) groups is 1. The molecule has 0 radical (unpaired) electrons. The molecule has 1 fully saturated rings. The first-order valence-electron chi connectivity index (χ1n) is 7.52. The van der Waals surface area contributed by atoms with Gasteiger partial charge in [0.1, 0.15) is 5.84 Å². The summed E-state index contributed by atoms with van der Waals surface area (Å²) in [6, 6.07) is 0. The highest BCUT2D eigenvalue weighted by Gasteiger charge is 2.23. The van der Waals surface area contributed by atoms with Gasteiger partial charge in [-0.05, 0) is 49.6 Å². The van der Waals surface area contributed by atoms with Crippen LogP contribution < -0.4 is 0 Å². The quantitative estimate of drug-likeness (QED) is 0.783. The van der Waals surface area contributed by atoms with Crippen molar-refractivity contribution in [2.75, 3.05) is 19.6 Å². The number of nitrogens with zero attached hydrogens (tertiary/aromatic N) is 3. The van der Waals surface area contributed by atoms with Crippen LogP contribution in [0.15, 0.2) is 53.0 Å². The van der Waals surface area contributed by atoms with Crippen molar-refractivity contribution in [1.29, 1.82) is 0 Å². The Balaban J connectivity index is 1.80. The molecule has 0 bridgehead atoms. The molecule has 1 saturated heterocycles. The molecule has 0 aromatic carbocycles. The summed E-state index contributed by atoms with van der Waals surface area (Å²) in [5.74, 6) is 1.52. The molecule has 3 heterocycles. The van der Waals surface area contributed by atoms with Crippen LogP contribution in [0.3, 0.4) is 0 Å². The topological polar surface area (TPSA) is 18.8 Å². The lowest BCUT2D eigenvalue weighted by Crippen LogP contribution is -2.32. The smallest absolute Gasteiger partial charge is 0.137 e. The molecule has 0 aliphatic carbocycles. The largest absolute Gasteiger partial charge is 0.302 e. The van der Waals surface area contributed by atoms with E-state index in [0.29, 0.717) is 5.92 Å². The fourth-order valence-corrected chi connectivity index (χ4v) is 2.88. The maximum Gasteiger partial charge on any atom is 0.137 e. The van der Waals surface area contributed by atoms with E-state index in [1.54, 1.807) is 0 Å². The fourth-order valence-electron chi connectivity index (χ4n) is 2.88. The van der Waals surface area contributed by atoms with Crippen molar-refractivity contribution in [3.8, 4) is 0 Å². The zero-order chi connectivity index (χ0) is 14.1. The SMILES string of the molecule is C=C1C(CN2CCCC2)=CN=C2C=C(C(C)C)C=CN12. The zero-order valence-corrected chi connectivity index (χ0v) is 12.5. The molecule has 0 amide bonds. The highest BCUT2D eigenvalue weighted by Crippen LogP contribution is 2.27. The third-order valence-electron chi connectivity index (χ3n) is 4.23. The first-order valence-corrected chi connectivity index (χ1v) is 7.52. The Kier molecular flexibility index (Phi) is 3.62. The number of hydrogen-bond acceptors (Lipinski definition) is 3. The van der Waals surface area contributed by atoms with Crippen LogP contribution in [0, 0.1) is 5.92 Å². The van der Waals surface area contributed by atoms with Gasteiger partial charge in [-0.1, -0.05) is 20.4 Å². The average molecular weight is 269 g/mol. The van der Waals surface area contributed by atoms with Crippen LogP contribution in [0.4, 0.5) is 0 Å². The lowest BCUT2D eigenvalue weighted by atomic mass is 9.99. The molecule has 3 nitrogen and oxygen atoms in total. The second-order valence-electron chi connectivity index (χ2n) is 6.06. The van der Waals surface area contributed by atoms with Gasteiger partial charge in [-0.3, -0.25) is 4.90 Å². The van der Waals surface area contributed by atoms with E-state index in [1.807, 2.05) is 6.20 Å². The van der Waals surface area contributed by atoms with Gasteiger partial charge < -0.3 is 4.90 Å². The predicted octanol–water partition coefficient (Wildman–Crippen LogP) is 3.30. The Bertz CT molecular complexity index is 528. The van der Waals surface area contributed by atoms with E-state index in [9.17, 15) is 0 Å². The van der Waals surface area contributed by atoms with E-state index in [-0.39, 0.29) is 0 Å². The molecule has 0 unspecified atom stereocenters. The van der Waals surface area contributed by atoms with Gasteiger partial charge in [0.15, 0.2) is 0 Å². The molecule has 3 rings (SSSR count). The Morgan fingerprint density at radius 2 is 2.05 bits per heavy atom. The van der Waals surface area contributed by atoms with Crippen LogP contribution in [0.1, 0.15) is 26.7 Å². The number of hydrogen-bond donors (Lipinski definition) is 0. The molecule has 0 atom stereocenters. The van der Waals surface area contributed by atoms with Gasteiger partial charge in [0.2, 0.25) is 0 Å². The first-order chi connectivity index (χ1) is 9.65. The minimum absolute atomic E-state index is 0.527. The second kappa shape index (κ2) is 5.41. The van der Waals surface area contributed by atoms with Gasteiger partial charge in [0.05, 0.1) is 0 Å². The van der Waals surface area contributed by atoms with Crippen LogP contribution in [0.5, 0.6) is 0 Å². The van der Waals surface area contributed by atoms with E-state index >= 15 is 0 Å². The van der Waals surface area contributed by atoms with Gasteiger partial charge in [-0.2, -0.15) is 0 Å². The summed E-state index contributed by atoms with van der Waals surface area (Å²) in [4.78, 5) is 9.22. The molecule has 3 aliphatic rings. The van der Waals surface area contributed by atoms with Crippen molar-refractivity contribution in [2.45, 2.75) is 26.7 Å². The molecule has 3 heteroatoms. The lowest BCUT2D eigenvalue weighted by Gasteiger charge is -2.32. The lowest BCUT2D eigenvalue weighted by molar-refractivity contribution is 0.366. The molecule has 3 aliphatic heterocycles. The summed E-state index contributed by atoms with van der Waals surface area (Å²) >= 11 is 0. The average Bonchev–Trinajstić information content (AvgIpc) is 2.94. The number of allylic oxidation sites excluding steroid dienone is 2. The summed E-state index contributed by atoms with van der Waals surface area (Å²) in [7, 11) is 0. The molecular formula is C17H23N3. The number of amidine groups is 1. The van der Waals surface area contributed by atoms with E-state index < -0.39 is 0 Å². The summed E-state index contributed by atoms with van der Waals surface area (Å²) in [5.41, 5.74) is 3.63. The maximum atomic E-state index is 4.62. The van der Waals surface area contributed by atoms with Crippen LogP contribution in [0.2, 0.25) is 0 Å². The highest BCUT2D eigenvalue weighted by molar-refractivity contribution is 5.98. The molecular weight excluding hydrogens is 246 g/mol. The molecule has 0 saturated carbocycles. The number of fused-ring (bicyclic) bond motifs is 1. The third-order valence-corrected chi connectivity index (χ3v) is 4.23. The molecule has 106 valence electrons. The molecule has 0 aromatic rings. The van der Waals surface area contributed by atoms with E-state index in [2.05, 4.69) is 53.6 Å². The zero-order valence-electron chi connectivity index (χ0n) is 12.5. The van der Waals surface area contributed by atoms with Gasteiger partial charge >= 0.3 is 0 Å². The van der Waals surface area contributed by atoms with Crippen LogP contribution in [-0.4, -0.2) is 35.3 Å². The van der Waals surface area contributed by atoms with E-state index in [0.717, 1.165) is 18.1 Å². The third kappa shape index (κ3) is 2.50. The van der Waals surface area contributed by atoms with Crippen molar-refractivity contribution >= 4 is 5.84 Å². The summed E-state index contributed by atoms with van der Waals surface area (Å²) in [5, 5.41) is 0. The minimum atomic E-state index is 0.527. The molecule has 0 spiro atoms. The Labute approximate surface area is 121 Å². The van der Waals surface area contributed by atoms with Crippen molar-refractivity contribution < 1.29 is 0 Å². The maximum absolute atomic E-state index is 4.62. The second-order valence-corrected chi connectivity index (χ2v) is 6.06. The minimum Gasteiger partial charge on any atom is -0.302 e. The van der Waals surface area contributed by atoms with Gasteiger partial charge in [-0.25, -0.2) is 4.99 Å². The standard InChI is InChI=1S/C17H23N3/c1-13(2)15-6-9-20-14(3)16(11-18-17(20)10-15)12-19-7-4-5-8-19/h6,9-11,13H,3-5,7-8,12H2,1-2H3. The predicted molar refractivity (Wildman–Crippen MR) is 84.2 cm³/mol. The van der Waals surface area contributed by atoms with Crippen molar-refractivity contribution in [3.63, 3.8) is 0 Å². The summed E-state index contributed by atoms with van der Waals surface area (Å²) in [6.07, 6.45) is 11.1. The summed E-state index contributed by atoms with van der Waals surface area (Å²) in [6.45, 7) is 12.1. The number of likely N-dealkylation sites (tertiary alicyclic amines) is 1. The summed E-state index contributed by atoms with van der Waals surface area (Å²) < 4.78 is 0. The highest BCUT2D eigenvalue weighted by atomic mass is 15.2. The fraction of sp³-hybridized carbons (Fsp3) is 0.471. The Morgan fingerprint density at radius 1 is 1.30 bits per heavy atom. The Hall–Kier alpha value is -1.61. The van der Waals surface area contributed by atoms with Gasteiger partial charge in [0, 0.05) is 30.2 Å². The van der Waals surface area contributed by atoms with Crippen molar-refractivity contribution in [3.05, 3.63) is 48.0 Å². The normalized spacial score (nSPS) is 22.9. The van der Waals surface area contributed by atoms with Crippen LogP contribution in [-0.2, 0) is 0 Å². The van der Waals surface area contributed by atoms with Gasteiger partial charge in [0.25, 0.3) is 0 Å². The van der Waals surface area contributed by atoms with Crippen LogP contribution >= 0.6 is 0 Å². The van der Waals surface area contributed by atoms with Crippen molar-refractivity contribution in [1.82, 2.24) is 9.80 Å². The molecule has 0 N–H and O–H groups in total.